The number of carbonyl (C=O) groups is 2. The molecular weight excluding hydrogens is 441 g/mol. The van der Waals surface area contributed by atoms with Gasteiger partial charge in [-0.15, -0.1) is 0 Å². The van der Waals surface area contributed by atoms with Gasteiger partial charge < -0.3 is 9.80 Å². The van der Waals surface area contributed by atoms with Crippen molar-refractivity contribution in [3.8, 4) is 0 Å². The van der Waals surface area contributed by atoms with Crippen molar-refractivity contribution in [3.05, 3.63) is 68.2 Å². The Morgan fingerprint density at radius 1 is 1.09 bits per heavy atom. The minimum Gasteiger partial charge on any atom is -0.339 e. The summed E-state index contributed by atoms with van der Waals surface area (Å²) in [5.74, 6) is -1.28. The molecule has 9 nitrogen and oxygen atoms in total. The summed E-state index contributed by atoms with van der Waals surface area (Å²) in [6.45, 7) is 2.36. The molecular formula is C24H26FN5O4. The Morgan fingerprint density at radius 2 is 1.74 bits per heavy atom. The van der Waals surface area contributed by atoms with Crippen molar-refractivity contribution in [2.45, 2.75) is 32.7 Å². The molecule has 10 heteroatoms. The zero-order chi connectivity index (χ0) is 24.6. The Labute approximate surface area is 195 Å². The van der Waals surface area contributed by atoms with Gasteiger partial charge in [-0.1, -0.05) is 0 Å². The number of likely N-dealkylation sites (tertiary alicyclic amines) is 1. The summed E-state index contributed by atoms with van der Waals surface area (Å²) in [4.78, 5) is 60.0. The molecule has 1 fully saturated rings. The van der Waals surface area contributed by atoms with Crippen LogP contribution in [0.15, 0.2) is 39.9 Å². The standard InChI is InChI=1S/C24H26FN5O4/c1-15-13-18(22(32)29-11-5-4-6-12-29)20-21(26-15)28(3)24(34)30(23(20)33)14-19(31)27(2)17-9-7-16(25)8-10-17/h7-10,13H,4-6,11-12,14H2,1-3H3. The van der Waals surface area contributed by atoms with Gasteiger partial charge >= 0.3 is 5.69 Å². The zero-order valence-electron chi connectivity index (χ0n) is 19.4. The van der Waals surface area contributed by atoms with Gasteiger partial charge in [0, 0.05) is 38.6 Å². The molecule has 1 aliphatic rings. The fourth-order valence-corrected chi connectivity index (χ4v) is 4.23. The number of amides is 2. The fourth-order valence-electron chi connectivity index (χ4n) is 4.23. The summed E-state index contributed by atoms with van der Waals surface area (Å²) in [5.41, 5.74) is -0.258. The van der Waals surface area contributed by atoms with E-state index in [1.54, 1.807) is 17.9 Å². The Morgan fingerprint density at radius 3 is 2.38 bits per heavy atom. The number of pyridine rings is 1. The highest BCUT2D eigenvalue weighted by Crippen LogP contribution is 2.19. The van der Waals surface area contributed by atoms with Crippen molar-refractivity contribution >= 4 is 28.5 Å². The second-order valence-electron chi connectivity index (χ2n) is 8.52. The Balaban J connectivity index is 1.80. The van der Waals surface area contributed by atoms with Crippen LogP contribution in [-0.4, -0.2) is 51.0 Å². The van der Waals surface area contributed by atoms with Gasteiger partial charge in [-0.3, -0.25) is 23.5 Å². The van der Waals surface area contributed by atoms with Crippen LogP contribution in [0.4, 0.5) is 10.1 Å². The number of hydrogen-bond donors (Lipinski definition) is 0. The minimum absolute atomic E-state index is 0.0144. The largest absolute Gasteiger partial charge is 0.339 e. The van der Waals surface area contributed by atoms with Crippen LogP contribution in [0.5, 0.6) is 0 Å². The highest BCUT2D eigenvalue weighted by Gasteiger charge is 2.26. The minimum atomic E-state index is -0.744. The number of carbonyl (C=O) groups excluding carboxylic acids is 2. The van der Waals surface area contributed by atoms with Crippen molar-refractivity contribution < 1.29 is 14.0 Å². The number of hydrogen-bond acceptors (Lipinski definition) is 5. The first kappa shape index (κ1) is 23.3. The molecule has 1 aliphatic heterocycles. The first-order valence-corrected chi connectivity index (χ1v) is 11.1. The molecule has 0 unspecified atom stereocenters. The lowest BCUT2D eigenvalue weighted by molar-refractivity contribution is -0.119. The molecule has 178 valence electrons. The average molecular weight is 468 g/mol. The average Bonchev–Trinajstić information content (AvgIpc) is 2.84. The third kappa shape index (κ3) is 4.23. The molecule has 0 N–H and O–H groups in total. The molecule has 4 rings (SSSR count). The number of likely N-dealkylation sites (N-methyl/N-ethyl adjacent to an activating group) is 1. The van der Waals surface area contributed by atoms with Gasteiger partial charge in [0.05, 0.1) is 10.9 Å². The van der Waals surface area contributed by atoms with E-state index < -0.39 is 29.5 Å². The number of fused-ring (bicyclic) bond motifs is 1. The van der Waals surface area contributed by atoms with Gasteiger partial charge in [0.2, 0.25) is 5.91 Å². The van der Waals surface area contributed by atoms with E-state index in [2.05, 4.69) is 4.98 Å². The lowest BCUT2D eigenvalue weighted by Crippen LogP contribution is -2.45. The van der Waals surface area contributed by atoms with Crippen molar-refractivity contribution in [1.29, 1.82) is 0 Å². The normalized spacial score (nSPS) is 13.8. The highest BCUT2D eigenvalue weighted by molar-refractivity contribution is 6.05. The molecule has 0 saturated carbocycles. The molecule has 1 saturated heterocycles. The fraction of sp³-hybridized carbons (Fsp3) is 0.375. The molecule has 0 radical (unpaired) electrons. The number of anilines is 1. The second-order valence-corrected chi connectivity index (χ2v) is 8.52. The molecule has 3 heterocycles. The van der Waals surface area contributed by atoms with E-state index in [1.165, 1.54) is 47.8 Å². The van der Waals surface area contributed by atoms with Gasteiger partial charge in [-0.2, -0.15) is 0 Å². The van der Waals surface area contributed by atoms with Crippen molar-refractivity contribution in [3.63, 3.8) is 0 Å². The molecule has 1 aromatic carbocycles. The van der Waals surface area contributed by atoms with Crippen LogP contribution in [0, 0.1) is 12.7 Å². The molecule has 2 amide bonds. The predicted octanol–water partition coefficient (Wildman–Crippen LogP) is 1.83. The van der Waals surface area contributed by atoms with E-state index in [-0.39, 0.29) is 22.5 Å². The second kappa shape index (κ2) is 9.20. The zero-order valence-corrected chi connectivity index (χ0v) is 19.4. The number of benzene rings is 1. The molecule has 0 aliphatic carbocycles. The summed E-state index contributed by atoms with van der Waals surface area (Å²) in [6, 6.07) is 6.84. The van der Waals surface area contributed by atoms with Gasteiger partial charge in [0.25, 0.3) is 11.5 Å². The Bertz CT molecular complexity index is 1390. The molecule has 0 spiro atoms. The topological polar surface area (TPSA) is 97.5 Å². The van der Waals surface area contributed by atoms with Crippen molar-refractivity contribution in [1.82, 2.24) is 19.0 Å². The van der Waals surface area contributed by atoms with Gasteiger partial charge in [0.15, 0.2) is 0 Å². The van der Waals surface area contributed by atoms with Gasteiger partial charge in [0.1, 0.15) is 18.0 Å². The van der Waals surface area contributed by atoms with Crippen LogP contribution in [0.3, 0.4) is 0 Å². The summed E-state index contributed by atoms with van der Waals surface area (Å²) in [6.07, 6.45) is 2.83. The molecule has 34 heavy (non-hydrogen) atoms. The van der Waals surface area contributed by atoms with Gasteiger partial charge in [-0.25, -0.2) is 14.2 Å². The molecule has 2 aromatic heterocycles. The van der Waals surface area contributed by atoms with Crippen LogP contribution >= 0.6 is 0 Å². The Hall–Kier alpha value is -3.82. The number of nitrogens with zero attached hydrogens (tertiary/aromatic N) is 5. The van der Waals surface area contributed by atoms with E-state index >= 15 is 0 Å². The summed E-state index contributed by atoms with van der Waals surface area (Å²) >= 11 is 0. The lowest BCUT2D eigenvalue weighted by Gasteiger charge is -2.27. The van der Waals surface area contributed by atoms with E-state index in [4.69, 9.17) is 0 Å². The quantitative estimate of drug-likeness (QED) is 0.583. The van der Waals surface area contributed by atoms with E-state index in [0.29, 0.717) is 24.5 Å². The summed E-state index contributed by atoms with van der Waals surface area (Å²) in [7, 11) is 2.93. The number of piperidine rings is 1. The number of aromatic nitrogens is 3. The van der Waals surface area contributed by atoms with Crippen LogP contribution in [0.2, 0.25) is 0 Å². The summed E-state index contributed by atoms with van der Waals surface area (Å²) < 4.78 is 15.2. The van der Waals surface area contributed by atoms with E-state index in [1.807, 2.05) is 0 Å². The lowest BCUT2D eigenvalue weighted by atomic mass is 10.1. The smallest absolute Gasteiger partial charge is 0.332 e. The number of rotatable bonds is 4. The van der Waals surface area contributed by atoms with Crippen LogP contribution < -0.4 is 16.1 Å². The summed E-state index contributed by atoms with van der Waals surface area (Å²) in [5, 5.41) is 0.0144. The molecule has 3 aromatic rings. The number of aryl methyl sites for hydroxylation is 2. The highest BCUT2D eigenvalue weighted by atomic mass is 19.1. The molecule has 0 bridgehead atoms. The molecule has 0 atom stereocenters. The van der Waals surface area contributed by atoms with Crippen molar-refractivity contribution in [2.24, 2.45) is 7.05 Å². The third-order valence-electron chi connectivity index (χ3n) is 6.18. The monoisotopic (exact) mass is 467 g/mol. The van der Waals surface area contributed by atoms with E-state index in [0.717, 1.165) is 23.8 Å². The maximum absolute atomic E-state index is 13.5. The van der Waals surface area contributed by atoms with Crippen LogP contribution in [0.25, 0.3) is 11.0 Å². The SMILES string of the molecule is Cc1cc(C(=O)N2CCCCC2)c2c(=O)n(CC(=O)N(C)c3ccc(F)cc3)c(=O)n(C)c2n1. The van der Waals surface area contributed by atoms with Crippen LogP contribution in [-0.2, 0) is 18.4 Å². The van der Waals surface area contributed by atoms with Gasteiger partial charge in [-0.05, 0) is 56.5 Å². The first-order valence-electron chi connectivity index (χ1n) is 11.1. The third-order valence-corrected chi connectivity index (χ3v) is 6.18. The van der Waals surface area contributed by atoms with Crippen molar-refractivity contribution in [2.75, 3.05) is 25.0 Å². The Kier molecular flexibility index (Phi) is 6.32. The first-order chi connectivity index (χ1) is 16.2. The maximum Gasteiger partial charge on any atom is 0.332 e. The van der Waals surface area contributed by atoms with Crippen LogP contribution in [0.1, 0.15) is 35.3 Å². The predicted molar refractivity (Wildman–Crippen MR) is 126 cm³/mol. The maximum atomic E-state index is 13.5. The van der Waals surface area contributed by atoms with E-state index in [9.17, 15) is 23.6 Å². The number of halogens is 1.